The van der Waals surface area contributed by atoms with Crippen LogP contribution < -0.4 is 9.62 Å². The lowest BCUT2D eigenvalue weighted by Crippen LogP contribution is -2.54. The van der Waals surface area contributed by atoms with Gasteiger partial charge in [0.25, 0.3) is 5.69 Å². The highest BCUT2D eigenvalue weighted by Crippen LogP contribution is 2.28. The number of hydrogen-bond donors (Lipinski definition) is 1. The molecule has 0 radical (unpaired) electrons. The number of hydrogen-bond acceptors (Lipinski definition) is 6. The smallest absolute Gasteiger partial charge is 0.271 e. The molecule has 2 amide bonds. The average molecular weight is 523 g/mol. The summed E-state index contributed by atoms with van der Waals surface area (Å²) in [4.78, 5) is 38.2. The van der Waals surface area contributed by atoms with Gasteiger partial charge in [0.15, 0.2) is 0 Å². The summed E-state index contributed by atoms with van der Waals surface area (Å²) in [6.45, 7) is 7.61. The Morgan fingerprint density at radius 1 is 1.14 bits per heavy atom. The molecule has 1 N–H and O–H groups in total. The SMILES string of the molecule is Cc1ccc([N+](=O)[O-])cc1N(CC(=O)N(Cc1ccc(F)cc1)C(C)C(=O)NC(C)(C)C)S(C)(=O)=O. The molecule has 10 nitrogen and oxygen atoms in total. The molecule has 2 aromatic carbocycles. The number of carbonyl (C=O) groups is 2. The zero-order valence-corrected chi connectivity index (χ0v) is 21.9. The normalized spacial score (nSPS) is 12.5. The van der Waals surface area contributed by atoms with Crippen LogP contribution in [0.4, 0.5) is 15.8 Å². The molecule has 0 aliphatic rings. The quantitative estimate of drug-likeness (QED) is 0.398. The van der Waals surface area contributed by atoms with Crippen LogP contribution in [0.1, 0.15) is 38.8 Å². The van der Waals surface area contributed by atoms with E-state index >= 15 is 0 Å². The van der Waals surface area contributed by atoms with Crippen LogP contribution in [0.2, 0.25) is 0 Å². The number of nitrogens with one attached hydrogen (secondary N) is 1. The number of aryl methyl sites for hydroxylation is 1. The van der Waals surface area contributed by atoms with Gasteiger partial charge in [0.05, 0.1) is 16.9 Å². The number of sulfonamides is 1. The Labute approximate surface area is 210 Å². The van der Waals surface area contributed by atoms with Crippen LogP contribution in [0.3, 0.4) is 0 Å². The first-order chi connectivity index (χ1) is 16.5. The van der Waals surface area contributed by atoms with Crippen molar-refractivity contribution < 1.29 is 27.3 Å². The molecule has 0 spiro atoms. The Balaban J connectivity index is 2.49. The predicted octanol–water partition coefficient (Wildman–Crippen LogP) is 3.14. The molecule has 0 fully saturated rings. The summed E-state index contributed by atoms with van der Waals surface area (Å²) in [5.41, 5.74) is -0.0131. The van der Waals surface area contributed by atoms with Gasteiger partial charge in [-0.15, -0.1) is 0 Å². The molecule has 1 atom stereocenters. The summed E-state index contributed by atoms with van der Waals surface area (Å²) in [5, 5.41) is 14.1. The van der Waals surface area contributed by atoms with Gasteiger partial charge in [-0.05, 0) is 57.9 Å². The second kappa shape index (κ2) is 11.0. The maximum atomic E-state index is 13.5. The minimum atomic E-state index is -4.05. The van der Waals surface area contributed by atoms with Crippen LogP contribution in [0.5, 0.6) is 0 Å². The van der Waals surface area contributed by atoms with Gasteiger partial charge in [0, 0.05) is 24.2 Å². The van der Waals surface area contributed by atoms with Gasteiger partial charge in [0.2, 0.25) is 21.8 Å². The lowest BCUT2D eigenvalue weighted by atomic mass is 10.1. The number of carbonyl (C=O) groups excluding carboxylic acids is 2. The van der Waals surface area contributed by atoms with Crippen LogP contribution in [0, 0.1) is 22.9 Å². The Bertz CT molecular complexity index is 1240. The fourth-order valence-electron chi connectivity index (χ4n) is 3.42. The number of rotatable bonds is 9. The van der Waals surface area contributed by atoms with E-state index in [0.717, 1.165) is 16.6 Å². The van der Waals surface area contributed by atoms with Gasteiger partial charge in [-0.3, -0.25) is 24.0 Å². The molecule has 0 bridgehead atoms. The number of benzene rings is 2. The molecule has 0 aliphatic carbocycles. The number of non-ortho nitro benzene ring substituents is 1. The first-order valence-corrected chi connectivity index (χ1v) is 12.9. The molecule has 36 heavy (non-hydrogen) atoms. The topological polar surface area (TPSA) is 130 Å². The van der Waals surface area contributed by atoms with Crippen molar-refractivity contribution in [3.05, 3.63) is 69.5 Å². The van der Waals surface area contributed by atoms with E-state index in [2.05, 4.69) is 5.32 Å². The second-order valence-electron chi connectivity index (χ2n) is 9.56. The number of anilines is 1. The number of nitro benzene ring substituents is 1. The molecule has 0 saturated heterocycles. The minimum Gasteiger partial charge on any atom is -0.350 e. The Hall–Kier alpha value is -3.54. The van der Waals surface area contributed by atoms with Crippen LogP contribution in [-0.2, 0) is 26.2 Å². The van der Waals surface area contributed by atoms with Crippen molar-refractivity contribution in [1.29, 1.82) is 0 Å². The number of nitro groups is 1. The first-order valence-electron chi connectivity index (χ1n) is 11.1. The molecule has 2 aromatic rings. The molecule has 12 heteroatoms. The molecular weight excluding hydrogens is 491 g/mol. The largest absolute Gasteiger partial charge is 0.350 e. The molecular formula is C24H31FN4O6S. The summed E-state index contributed by atoms with van der Waals surface area (Å²) in [7, 11) is -4.05. The summed E-state index contributed by atoms with van der Waals surface area (Å²) in [6.07, 6.45) is 0.888. The molecule has 1 unspecified atom stereocenters. The predicted molar refractivity (Wildman–Crippen MR) is 134 cm³/mol. The van der Waals surface area contributed by atoms with E-state index in [1.54, 1.807) is 27.7 Å². The highest BCUT2D eigenvalue weighted by Gasteiger charge is 2.32. The third kappa shape index (κ3) is 7.74. The Morgan fingerprint density at radius 3 is 2.22 bits per heavy atom. The molecule has 196 valence electrons. The zero-order chi connectivity index (χ0) is 27.4. The van der Waals surface area contributed by atoms with Crippen LogP contribution >= 0.6 is 0 Å². The van der Waals surface area contributed by atoms with Crippen molar-refractivity contribution in [2.45, 2.75) is 52.7 Å². The maximum Gasteiger partial charge on any atom is 0.271 e. The van der Waals surface area contributed by atoms with Gasteiger partial charge in [0.1, 0.15) is 18.4 Å². The monoisotopic (exact) mass is 522 g/mol. The average Bonchev–Trinajstić information content (AvgIpc) is 2.75. The third-order valence-corrected chi connectivity index (χ3v) is 6.41. The number of amides is 2. The van der Waals surface area contributed by atoms with E-state index in [1.165, 1.54) is 48.2 Å². The molecule has 0 heterocycles. The van der Waals surface area contributed by atoms with Gasteiger partial charge in [-0.25, -0.2) is 12.8 Å². The van der Waals surface area contributed by atoms with E-state index in [1.807, 2.05) is 0 Å². The second-order valence-corrected chi connectivity index (χ2v) is 11.5. The lowest BCUT2D eigenvalue weighted by molar-refractivity contribution is -0.384. The van der Waals surface area contributed by atoms with Gasteiger partial charge in [-0.1, -0.05) is 18.2 Å². The first kappa shape index (κ1) is 28.7. The zero-order valence-electron chi connectivity index (χ0n) is 21.1. The maximum absolute atomic E-state index is 13.5. The van der Waals surface area contributed by atoms with Crippen molar-refractivity contribution in [3.8, 4) is 0 Å². The number of nitrogens with zero attached hydrogens (tertiary/aromatic N) is 3. The summed E-state index contributed by atoms with van der Waals surface area (Å²) < 4.78 is 39.5. The summed E-state index contributed by atoms with van der Waals surface area (Å²) in [5.74, 6) is -1.65. The van der Waals surface area contributed by atoms with E-state index in [9.17, 15) is 32.5 Å². The summed E-state index contributed by atoms with van der Waals surface area (Å²) in [6, 6.07) is 8.07. The van der Waals surface area contributed by atoms with Crippen LogP contribution in [0.15, 0.2) is 42.5 Å². The van der Waals surface area contributed by atoms with Crippen molar-refractivity contribution in [2.24, 2.45) is 0 Å². The van der Waals surface area contributed by atoms with Crippen molar-refractivity contribution in [3.63, 3.8) is 0 Å². The minimum absolute atomic E-state index is 0.0198. The van der Waals surface area contributed by atoms with E-state index < -0.39 is 50.7 Å². The van der Waals surface area contributed by atoms with Gasteiger partial charge >= 0.3 is 0 Å². The summed E-state index contributed by atoms with van der Waals surface area (Å²) >= 11 is 0. The molecule has 2 rings (SSSR count). The molecule has 0 aliphatic heterocycles. The fourth-order valence-corrected chi connectivity index (χ4v) is 4.32. The van der Waals surface area contributed by atoms with E-state index in [4.69, 9.17) is 0 Å². The van der Waals surface area contributed by atoms with Gasteiger partial charge < -0.3 is 10.2 Å². The van der Waals surface area contributed by atoms with Crippen LogP contribution in [0.25, 0.3) is 0 Å². The van der Waals surface area contributed by atoms with Crippen molar-refractivity contribution in [1.82, 2.24) is 10.2 Å². The highest BCUT2D eigenvalue weighted by molar-refractivity contribution is 7.92. The third-order valence-electron chi connectivity index (χ3n) is 5.28. The highest BCUT2D eigenvalue weighted by atomic mass is 32.2. The van der Waals surface area contributed by atoms with Gasteiger partial charge in [-0.2, -0.15) is 0 Å². The standard InChI is InChI=1S/C24H31FN4O6S/c1-16-7-12-20(29(32)33)13-21(16)28(36(6,34)35)15-22(30)27(14-18-8-10-19(25)11-9-18)17(2)23(31)26-24(3,4)5/h7-13,17H,14-15H2,1-6H3,(H,26,31). The Morgan fingerprint density at radius 2 is 1.72 bits per heavy atom. The number of halogens is 1. The van der Waals surface area contributed by atoms with Crippen molar-refractivity contribution in [2.75, 3.05) is 17.1 Å². The van der Waals surface area contributed by atoms with Crippen LogP contribution in [-0.4, -0.2) is 54.4 Å². The fraction of sp³-hybridized carbons (Fsp3) is 0.417. The molecule has 0 saturated carbocycles. The van der Waals surface area contributed by atoms with E-state index in [0.29, 0.717) is 11.1 Å². The van der Waals surface area contributed by atoms with Crippen molar-refractivity contribution >= 4 is 33.2 Å². The Kier molecular flexibility index (Phi) is 8.79. The van der Waals surface area contributed by atoms with E-state index in [-0.39, 0.29) is 17.9 Å². The lowest BCUT2D eigenvalue weighted by Gasteiger charge is -2.33. The molecule has 0 aromatic heterocycles.